The first-order chi connectivity index (χ1) is 7.76. The molecule has 0 radical (unpaired) electrons. The Bertz CT molecular complexity index is 299. The Morgan fingerprint density at radius 1 is 1.31 bits per heavy atom. The minimum Gasteiger partial charge on any atom is -0.207 e. The summed E-state index contributed by atoms with van der Waals surface area (Å²) in [5.41, 5.74) is 1.11. The van der Waals surface area contributed by atoms with Gasteiger partial charge in [-0.15, -0.1) is 0 Å². The van der Waals surface area contributed by atoms with Crippen LogP contribution in [0.1, 0.15) is 38.2 Å². The molecule has 0 heterocycles. The molecule has 0 aromatic heterocycles. The molecule has 0 bridgehead atoms. The predicted molar refractivity (Wildman–Crippen MR) is 71.5 cm³/mol. The molecule has 1 aromatic carbocycles. The lowest BCUT2D eigenvalue weighted by atomic mass is 9.95. The first kappa shape index (κ1) is 13.7. The van der Waals surface area contributed by atoms with Crippen LogP contribution in [-0.4, -0.2) is 5.33 Å². The van der Waals surface area contributed by atoms with E-state index < -0.39 is 0 Å². The van der Waals surface area contributed by atoms with Crippen LogP contribution in [0.15, 0.2) is 24.3 Å². The summed E-state index contributed by atoms with van der Waals surface area (Å²) in [5, 5.41) is 1.01. The number of benzene rings is 1. The van der Waals surface area contributed by atoms with Gasteiger partial charge in [-0.1, -0.05) is 54.2 Å². The van der Waals surface area contributed by atoms with E-state index in [0.29, 0.717) is 5.92 Å². The highest BCUT2D eigenvalue weighted by Gasteiger charge is 2.08. The van der Waals surface area contributed by atoms with Gasteiger partial charge in [-0.25, -0.2) is 4.39 Å². The number of unbranched alkanes of at least 4 members (excludes halogenated alkanes) is 2. The lowest BCUT2D eigenvalue weighted by Gasteiger charge is -2.13. The fourth-order valence-corrected chi connectivity index (χ4v) is 2.47. The number of halogens is 2. The van der Waals surface area contributed by atoms with Gasteiger partial charge in [0.1, 0.15) is 5.82 Å². The smallest absolute Gasteiger partial charge is 0.123 e. The Morgan fingerprint density at radius 3 is 2.75 bits per heavy atom. The van der Waals surface area contributed by atoms with Gasteiger partial charge in [0.25, 0.3) is 0 Å². The van der Waals surface area contributed by atoms with E-state index in [1.807, 2.05) is 6.07 Å². The van der Waals surface area contributed by atoms with Gasteiger partial charge >= 0.3 is 0 Å². The normalized spacial score (nSPS) is 12.7. The Labute approximate surface area is 106 Å². The van der Waals surface area contributed by atoms with E-state index in [0.717, 1.165) is 17.3 Å². The molecule has 2 heteroatoms. The van der Waals surface area contributed by atoms with E-state index in [4.69, 9.17) is 0 Å². The molecule has 0 aliphatic rings. The number of hydrogen-bond donors (Lipinski definition) is 0. The summed E-state index contributed by atoms with van der Waals surface area (Å²) < 4.78 is 13.0. The molecule has 1 aromatic rings. The molecular formula is C14H20BrF. The molecule has 0 saturated carbocycles. The van der Waals surface area contributed by atoms with Gasteiger partial charge in [0, 0.05) is 5.33 Å². The van der Waals surface area contributed by atoms with E-state index in [1.165, 1.54) is 31.7 Å². The molecule has 1 rings (SSSR count). The lowest BCUT2D eigenvalue weighted by Crippen LogP contribution is -2.06. The van der Waals surface area contributed by atoms with E-state index in [1.54, 1.807) is 12.1 Å². The highest BCUT2D eigenvalue weighted by Crippen LogP contribution is 2.18. The molecule has 0 aliphatic heterocycles. The van der Waals surface area contributed by atoms with Crippen molar-refractivity contribution in [2.75, 3.05) is 5.33 Å². The zero-order chi connectivity index (χ0) is 11.8. The van der Waals surface area contributed by atoms with Crippen LogP contribution < -0.4 is 0 Å². The number of alkyl halides is 1. The Kier molecular flexibility index (Phi) is 6.70. The number of rotatable bonds is 7. The quantitative estimate of drug-likeness (QED) is 0.491. The minimum atomic E-state index is -0.126. The first-order valence-electron chi connectivity index (χ1n) is 6.06. The molecule has 0 saturated heterocycles. The van der Waals surface area contributed by atoms with Gasteiger partial charge in [0.2, 0.25) is 0 Å². The van der Waals surface area contributed by atoms with Crippen LogP contribution in [0.3, 0.4) is 0 Å². The second-order valence-corrected chi connectivity index (χ2v) is 5.00. The molecule has 0 fully saturated rings. The average Bonchev–Trinajstić information content (AvgIpc) is 2.28. The molecule has 0 nitrogen and oxygen atoms in total. The Balaban J connectivity index is 2.43. The van der Waals surface area contributed by atoms with Gasteiger partial charge in [-0.3, -0.25) is 0 Å². The number of hydrogen-bond acceptors (Lipinski definition) is 0. The summed E-state index contributed by atoms with van der Waals surface area (Å²) in [7, 11) is 0. The summed E-state index contributed by atoms with van der Waals surface area (Å²) >= 11 is 3.55. The minimum absolute atomic E-state index is 0.126. The molecule has 0 aliphatic carbocycles. The molecule has 16 heavy (non-hydrogen) atoms. The third-order valence-corrected chi connectivity index (χ3v) is 3.76. The maximum absolute atomic E-state index is 13.0. The fourth-order valence-electron chi connectivity index (χ4n) is 1.91. The second-order valence-electron chi connectivity index (χ2n) is 4.35. The molecule has 0 spiro atoms. The average molecular weight is 287 g/mol. The third-order valence-electron chi connectivity index (χ3n) is 2.85. The summed E-state index contributed by atoms with van der Waals surface area (Å²) in [6.45, 7) is 2.22. The van der Waals surface area contributed by atoms with Crippen LogP contribution >= 0.6 is 15.9 Å². The van der Waals surface area contributed by atoms with Crippen molar-refractivity contribution in [2.24, 2.45) is 5.92 Å². The van der Waals surface area contributed by atoms with Crippen molar-refractivity contribution in [3.8, 4) is 0 Å². The Hall–Kier alpha value is -0.370. The highest BCUT2D eigenvalue weighted by molar-refractivity contribution is 9.09. The first-order valence-corrected chi connectivity index (χ1v) is 7.18. The van der Waals surface area contributed by atoms with E-state index >= 15 is 0 Å². The van der Waals surface area contributed by atoms with E-state index in [-0.39, 0.29) is 5.82 Å². The maximum Gasteiger partial charge on any atom is 0.123 e. The van der Waals surface area contributed by atoms with Crippen molar-refractivity contribution in [1.29, 1.82) is 0 Å². The van der Waals surface area contributed by atoms with Gasteiger partial charge in [-0.05, 0) is 36.5 Å². The van der Waals surface area contributed by atoms with Crippen LogP contribution in [0.4, 0.5) is 4.39 Å². The van der Waals surface area contributed by atoms with Crippen molar-refractivity contribution in [2.45, 2.75) is 39.0 Å². The van der Waals surface area contributed by atoms with Crippen molar-refractivity contribution < 1.29 is 4.39 Å². The highest BCUT2D eigenvalue weighted by atomic mass is 79.9. The topological polar surface area (TPSA) is 0 Å². The monoisotopic (exact) mass is 286 g/mol. The third kappa shape index (κ3) is 5.11. The van der Waals surface area contributed by atoms with Crippen molar-refractivity contribution >= 4 is 15.9 Å². The van der Waals surface area contributed by atoms with Gasteiger partial charge in [-0.2, -0.15) is 0 Å². The van der Waals surface area contributed by atoms with Crippen molar-refractivity contribution in [3.63, 3.8) is 0 Å². The summed E-state index contributed by atoms with van der Waals surface area (Å²) in [4.78, 5) is 0. The van der Waals surface area contributed by atoms with E-state index in [9.17, 15) is 4.39 Å². The second kappa shape index (κ2) is 7.83. The van der Waals surface area contributed by atoms with E-state index in [2.05, 4.69) is 22.9 Å². The maximum atomic E-state index is 13.0. The van der Waals surface area contributed by atoms with Crippen LogP contribution in [0, 0.1) is 11.7 Å². The van der Waals surface area contributed by atoms with Crippen LogP contribution in [0.5, 0.6) is 0 Å². The SMILES string of the molecule is CCCCCC(CBr)Cc1cccc(F)c1. The molecule has 1 atom stereocenters. The van der Waals surface area contributed by atoms with Crippen LogP contribution in [0.25, 0.3) is 0 Å². The summed E-state index contributed by atoms with van der Waals surface area (Å²) in [6.07, 6.45) is 6.05. The van der Waals surface area contributed by atoms with Crippen molar-refractivity contribution in [1.82, 2.24) is 0 Å². The van der Waals surface area contributed by atoms with Gasteiger partial charge in [0.15, 0.2) is 0 Å². The predicted octanol–water partition coefficient (Wildman–Crippen LogP) is 4.96. The molecule has 0 N–H and O–H groups in total. The largest absolute Gasteiger partial charge is 0.207 e. The summed E-state index contributed by atoms with van der Waals surface area (Å²) in [6, 6.07) is 6.96. The molecular weight excluding hydrogens is 267 g/mol. The zero-order valence-corrected chi connectivity index (χ0v) is 11.5. The Morgan fingerprint density at radius 2 is 2.12 bits per heavy atom. The summed E-state index contributed by atoms with van der Waals surface area (Å²) in [5.74, 6) is 0.507. The molecule has 0 amide bonds. The zero-order valence-electron chi connectivity index (χ0n) is 9.89. The van der Waals surface area contributed by atoms with Crippen LogP contribution in [0.2, 0.25) is 0 Å². The molecule has 90 valence electrons. The fraction of sp³-hybridized carbons (Fsp3) is 0.571. The standard InChI is InChI=1S/C14H20BrF/c1-2-3-4-6-13(11-15)9-12-7-5-8-14(16)10-12/h5,7-8,10,13H,2-4,6,9,11H2,1H3. The van der Waals surface area contributed by atoms with Crippen molar-refractivity contribution in [3.05, 3.63) is 35.6 Å². The van der Waals surface area contributed by atoms with Gasteiger partial charge < -0.3 is 0 Å². The van der Waals surface area contributed by atoms with Gasteiger partial charge in [0.05, 0.1) is 0 Å². The lowest BCUT2D eigenvalue weighted by molar-refractivity contribution is 0.501. The van der Waals surface area contributed by atoms with Crippen LogP contribution in [-0.2, 0) is 6.42 Å². The molecule has 1 unspecified atom stereocenters.